The van der Waals surface area contributed by atoms with Crippen LogP contribution < -0.4 is 10.4 Å². The number of pyridine rings is 1. The molecule has 106 valence electrons. The van der Waals surface area contributed by atoms with Gasteiger partial charge < -0.3 is 9.15 Å². The minimum atomic E-state index is -0.391. The summed E-state index contributed by atoms with van der Waals surface area (Å²) in [6.07, 6.45) is 1.70. The molecule has 0 aliphatic heterocycles. The van der Waals surface area contributed by atoms with E-state index in [2.05, 4.69) is 4.98 Å². The Morgan fingerprint density at radius 1 is 1.29 bits per heavy atom. The molecule has 1 aromatic carbocycles. The monoisotopic (exact) mass is 301 g/mol. The number of aromatic nitrogens is 1. The van der Waals surface area contributed by atoms with Crippen LogP contribution in [0.4, 0.5) is 0 Å². The molecule has 0 N–H and O–H groups in total. The Labute approximate surface area is 126 Å². The Balaban J connectivity index is 1.95. The summed E-state index contributed by atoms with van der Waals surface area (Å²) >= 11 is 6.22. The molecule has 0 amide bonds. The molecule has 0 saturated heterocycles. The topological polar surface area (TPSA) is 52.3 Å². The molecule has 21 heavy (non-hydrogen) atoms. The summed E-state index contributed by atoms with van der Waals surface area (Å²) in [6.45, 7) is 2.13. The van der Waals surface area contributed by atoms with Crippen molar-refractivity contribution in [2.45, 2.75) is 13.5 Å². The Bertz CT molecular complexity index is 843. The molecule has 0 bridgehead atoms. The van der Waals surface area contributed by atoms with Crippen molar-refractivity contribution in [3.63, 3.8) is 0 Å². The van der Waals surface area contributed by atoms with Gasteiger partial charge in [-0.2, -0.15) is 0 Å². The largest absolute Gasteiger partial charge is 0.486 e. The van der Waals surface area contributed by atoms with E-state index in [1.807, 2.05) is 25.1 Å². The van der Waals surface area contributed by atoms with Crippen molar-refractivity contribution in [3.8, 4) is 5.75 Å². The molecule has 0 spiro atoms. The first-order chi connectivity index (χ1) is 10.1. The number of benzene rings is 1. The third kappa shape index (κ3) is 2.90. The van der Waals surface area contributed by atoms with Crippen LogP contribution in [0.5, 0.6) is 5.75 Å². The van der Waals surface area contributed by atoms with Gasteiger partial charge in [-0.1, -0.05) is 17.7 Å². The third-order valence-corrected chi connectivity index (χ3v) is 3.40. The van der Waals surface area contributed by atoms with E-state index in [1.165, 1.54) is 6.07 Å². The third-order valence-electron chi connectivity index (χ3n) is 3.11. The number of halogens is 1. The quantitative estimate of drug-likeness (QED) is 0.692. The van der Waals surface area contributed by atoms with Gasteiger partial charge in [-0.25, -0.2) is 4.79 Å². The van der Waals surface area contributed by atoms with E-state index in [0.29, 0.717) is 23.0 Å². The molecule has 0 aliphatic carbocycles. The fourth-order valence-corrected chi connectivity index (χ4v) is 2.28. The highest BCUT2D eigenvalue weighted by molar-refractivity contribution is 6.32. The van der Waals surface area contributed by atoms with Crippen molar-refractivity contribution >= 4 is 22.6 Å². The van der Waals surface area contributed by atoms with Gasteiger partial charge in [0.05, 0.1) is 10.7 Å². The highest BCUT2D eigenvalue weighted by Crippen LogP contribution is 2.31. The second-order valence-corrected chi connectivity index (χ2v) is 5.04. The van der Waals surface area contributed by atoms with Crippen LogP contribution in [-0.2, 0) is 6.61 Å². The lowest BCUT2D eigenvalue weighted by Crippen LogP contribution is -2.00. The summed E-state index contributed by atoms with van der Waals surface area (Å²) < 4.78 is 10.8. The lowest BCUT2D eigenvalue weighted by molar-refractivity contribution is 0.301. The van der Waals surface area contributed by atoms with Crippen LogP contribution in [0.25, 0.3) is 11.0 Å². The number of aryl methyl sites for hydroxylation is 1. The second-order valence-electron chi connectivity index (χ2n) is 4.64. The summed E-state index contributed by atoms with van der Waals surface area (Å²) in [4.78, 5) is 15.6. The highest BCUT2D eigenvalue weighted by atomic mass is 35.5. The molecule has 3 aromatic rings. The SMILES string of the molecule is Cc1cc(=O)oc2cc(OCc3ccccn3)c(Cl)cc12. The second kappa shape index (κ2) is 5.58. The van der Waals surface area contributed by atoms with E-state index < -0.39 is 5.63 Å². The van der Waals surface area contributed by atoms with E-state index in [9.17, 15) is 4.79 Å². The van der Waals surface area contributed by atoms with Crippen molar-refractivity contribution in [2.24, 2.45) is 0 Å². The number of nitrogens with zero attached hydrogens (tertiary/aromatic N) is 1. The summed E-state index contributed by atoms with van der Waals surface area (Å²) in [7, 11) is 0. The number of hydrogen-bond acceptors (Lipinski definition) is 4. The van der Waals surface area contributed by atoms with E-state index in [4.69, 9.17) is 20.8 Å². The highest BCUT2D eigenvalue weighted by Gasteiger charge is 2.09. The van der Waals surface area contributed by atoms with Gasteiger partial charge in [-0.05, 0) is 30.7 Å². The number of rotatable bonds is 3. The molecular weight excluding hydrogens is 290 g/mol. The average Bonchev–Trinajstić information content (AvgIpc) is 2.47. The van der Waals surface area contributed by atoms with Gasteiger partial charge in [0.2, 0.25) is 0 Å². The van der Waals surface area contributed by atoms with Gasteiger partial charge in [0, 0.05) is 23.7 Å². The molecule has 0 unspecified atom stereocenters. The van der Waals surface area contributed by atoms with Crippen LogP contribution >= 0.6 is 11.6 Å². The minimum Gasteiger partial charge on any atom is -0.486 e. The van der Waals surface area contributed by atoms with Crippen LogP contribution in [0.15, 0.2) is 51.8 Å². The number of hydrogen-bond donors (Lipinski definition) is 0. The summed E-state index contributed by atoms with van der Waals surface area (Å²) in [6, 6.07) is 10.4. The lowest BCUT2D eigenvalue weighted by Gasteiger charge is -2.09. The molecule has 5 heteroatoms. The molecule has 0 radical (unpaired) electrons. The standard InChI is InChI=1S/C16H12ClNO3/c1-10-6-16(19)21-14-8-15(13(17)7-12(10)14)20-9-11-4-2-3-5-18-11/h2-8H,9H2,1H3. The maximum Gasteiger partial charge on any atom is 0.336 e. The normalized spacial score (nSPS) is 10.8. The molecule has 3 rings (SSSR count). The zero-order valence-corrected chi connectivity index (χ0v) is 12.1. The Morgan fingerprint density at radius 3 is 2.90 bits per heavy atom. The molecule has 0 atom stereocenters. The number of fused-ring (bicyclic) bond motifs is 1. The van der Waals surface area contributed by atoms with Crippen molar-refractivity contribution in [3.05, 3.63) is 69.3 Å². The van der Waals surface area contributed by atoms with Crippen molar-refractivity contribution in [1.82, 2.24) is 4.98 Å². The van der Waals surface area contributed by atoms with Gasteiger partial charge in [0.1, 0.15) is 17.9 Å². The van der Waals surface area contributed by atoms with Gasteiger partial charge >= 0.3 is 5.63 Å². The lowest BCUT2D eigenvalue weighted by atomic mass is 10.1. The molecule has 2 heterocycles. The molecular formula is C16H12ClNO3. The van der Waals surface area contributed by atoms with Gasteiger partial charge in [0.25, 0.3) is 0 Å². The maximum absolute atomic E-state index is 11.4. The maximum atomic E-state index is 11.4. The molecule has 0 saturated carbocycles. The van der Waals surface area contributed by atoms with E-state index in [-0.39, 0.29) is 0 Å². The van der Waals surface area contributed by atoms with E-state index >= 15 is 0 Å². The Kier molecular flexibility index (Phi) is 3.62. The minimum absolute atomic E-state index is 0.294. The fourth-order valence-electron chi connectivity index (χ4n) is 2.07. The number of ether oxygens (including phenoxy) is 1. The van der Waals surface area contributed by atoms with Crippen molar-refractivity contribution in [2.75, 3.05) is 0 Å². The smallest absolute Gasteiger partial charge is 0.336 e. The zero-order valence-electron chi connectivity index (χ0n) is 11.3. The van der Waals surface area contributed by atoms with Crippen LogP contribution in [0.2, 0.25) is 5.02 Å². The Morgan fingerprint density at radius 2 is 2.14 bits per heavy atom. The Hall–Kier alpha value is -2.33. The fraction of sp³-hybridized carbons (Fsp3) is 0.125. The first-order valence-electron chi connectivity index (χ1n) is 6.40. The first-order valence-corrected chi connectivity index (χ1v) is 6.78. The molecule has 0 fully saturated rings. The van der Waals surface area contributed by atoms with Gasteiger partial charge in [-0.15, -0.1) is 0 Å². The summed E-state index contributed by atoms with van der Waals surface area (Å²) in [5.74, 6) is 0.462. The van der Waals surface area contributed by atoms with Crippen LogP contribution in [0.1, 0.15) is 11.3 Å². The van der Waals surface area contributed by atoms with Crippen molar-refractivity contribution in [1.29, 1.82) is 0 Å². The molecule has 4 nitrogen and oxygen atoms in total. The predicted molar refractivity (Wildman–Crippen MR) is 80.8 cm³/mol. The molecule has 0 aliphatic rings. The molecule has 2 aromatic heterocycles. The van der Waals surface area contributed by atoms with E-state index in [1.54, 1.807) is 18.3 Å². The summed E-state index contributed by atoms with van der Waals surface area (Å²) in [5.41, 5.74) is 1.68. The predicted octanol–water partition coefficient (Wildman–Crippen LogP) is 3.73. The van der Waals surface area contributed by atoms with Crippen LogP contribution in [-0.4, -0.2) is 4.98 Å². The van der Waals surface area contributed by atoms with E-state index in [0.717, 1.165) is 16.6 Å². The van der Waals surface area contributed by atoms with Gasteiger partial charge in [-0.3, -0.25) is 4.98 Å². The van der Waals surface area contributed by atoms with Crippen molar-refractivity contribution < 1.29 is 9.15 Å². The van der Waals surface area contributed by atoms with Crippen LogP contribution in [0, 0.1) is 6.92 Å². The zero-order chi connectivity index (χ0) is 14.8. The van der Waals surface area contributed by atoms with Crippen LogP contribution in [0.3, 0.4) is 0 Å². The first kappa shape index (κ1) is 13.6. The van der Waals surface area contributed by atoms with Gasteiger partial charge in [0.15, 0.2) is 0 Å². The average molecular weight is 302 g/mol. The summed E-state index contributed by atoms with van der Waals surface area (Å²) in [5, 5.41) is 1.26.